The molecule has 4 rings (SSSR count). The van der Waals surface area contributed by atoms with Gasteiger partial charge in [-0.3, -0.25) is 14.9 Å². The van der Waals surface area contributed by atoms with E-state index >= 15 is 0 Å². The van der Waals surface area contributed by atoms with Crippen molar-refractivity contribution in [3.63, 3.8) is 0 Å². The van der Waals surface area contributed by atoms with E-state index in [2.05, 4.69) is 44.1 Å². The number of nitrogens with one attached hydrogen (secondary N) is 1. The predicted molar refractivity (Wildman–Crippen MR) is 93.7 cm³/mol. The van der Waals surface area contributed by atoms with Crippen LogP contribution in [0.5, 0.6) is 0 Å². The van der Waals surface area contributed by atoms with Crippen LogP contribution in [0.1, 0.15) is 17.7 Å². The molecule has 1 N–H and O–H groups in total. The molecule has 124 valence electrons. The number of morpholine rings is 1. The summed E-state index contributed by atoms with van der Waals surface area (Å²) in [6.45, 7) is 3.55. The zero-order valence-electron chi connectivity index (χ0n) is 13.7. The van der Waals surface area contributed by atoms with Crippen LogP contribution in [0, 0.1) is 0 Å². The summed E-state index contributed by atoms with van der Waals surface area (Å²) >= 11 is 0. The summed E-state index contributed by atoms with van der Waals surface area (Å²) in [5.74, 6) is 0. The molecule has 3 aromatic rings. The van der Waals surface area contributed by atoms with Crippen LogP contribution in [0.25, 0.3) is 10.9 Å². The fourth-order valence-electron chi connectivity index (χ4n) is 3.36. The summed E-state index contributed by atoms with van der Waals surface area (Å²) in [5, 5.41) is 1.26. The lowest BCUT2D eigenvalue weighted by Crippen LogP contribution is -2.45. The third kappa shape index (κ3) is 3.47. The van der Waals surface area contributed by atoms with E-state index in [0.717, 1.165) is 44.8 Å². The van der Waals surface area contributed by atoms with Crippen molar-refractivity contribution < 1.29 is 4.74 Å². The van der Waals surface area contributed by atoms with Gasteiger partial charge in [0.25, 0.3) is 0 Å². The molecule has 1 atom stereocenters. The Morgan fingerprint density at radius 2 is 2.25 bits per heavy atom. The molecule has 0 aliphatic carbocycles. The van der Waals surface area contributed by atoms with Crippen molar-refractivity contribution in [1.29, 1.82) is 0 Å². The minimum Gasteiger partial charge on any atom is -0.378 e. The van der Waals surface area contributed by atoms with Gasteiger partial charge < -0.3 is 9.72 Å². The van der Waals surface area contributed by atoms with Crippen LogP contribution in [0.15, 0.2) is 49.1 Å². The summed E-state index contributed by atoms with van der Waals surface area (Å²) in [5.41, 5.74) is 3.60. The number of aromatic amines is 1. The first-order valence-electron chi connectivity index (χ1n) is 8.51. The highest BCUT2D eigenvalue weighted by Crippen LogP contribution is 2.19. The topological polar surface area (TPSA) is 54.0 Å². The molecule has 1 aliphatic heterocycles. The van der Waals surface area contributed by atoms with Crippen LogP contribution >= 0.6 is 0 Å². The van der Waals surface area contributed by atoms with Crippen molar-refractivity contribution >= 4 is 10.9 Å². The monoisotopic (exact) mass is 322 g/mol. The van der Waals surface area contributed by atoms with Crippen molar-refractivity contribution in [2.24, 2.45) is 0 Å². The maximum atomic E-state index is 5.71. The van der Waals surface area contributed by atoms with Crippen LogP contribution in [0.2, 0.25) is 0 Å². The zero-order chi connectivity index (χ0) is 16.2. The molecular formula is C19H22N4O. The molecule has 3 heterocycles. The van der Waals surface area contributed by atoms with Crippen molar-refractivity contribution in [2.75, 3.05) is 19.8 Å². The van der Waals surface area contributed by atoms with Crippen molar-refractivity contribution in [1.82, 2.24) is 19.9 Å². The number of ether oxygens (including phenoxy) is 1. The van der Waals surface area contributed by atoms with Crippen molar-refractivity contribution in [2.45, 2.75) is 25.4 Å². The Kier molecular flexibility index (Phi) is 4.53. The minimum atomic E-state index is 0.431. The largest absolute Gasteiger partial charge is 0.378 e. The van der Waals surface area contributed by atoms with Crippen LogP contribution in [-0.2, 0) is 17.7 Å². The summed E-state index contributed by atoms with van der Waals surface area (Å²) in [7, 11) is 0. The fraction of sp³-hybridized carbons (Fsp3) is 0.368. The van der Waals surface area contributed by atoms with Crippen LogP contribution < -0.4 is 0 Å². The number of H-pyrrole nitrogens is 1. The van der Waals surface area contributed by atoms with Gasteiger partial charge in [-0.1, -0.05) is 12.1 Å². The van der Waals surface area contributed by atoms with E-state index in [1.165, 1.54) is 16.5 Å². The lowest BCUT2D eigenvalue weighted by Gasteiger charge is -2.35. The van der Waals surface area contributed by atoms with Gasteiger partial charge in [0.1, 0.15) is 0 Å². The van der Waals surface area contributed by atoms with Gasteiger partial charge in [-0.05, 0) is 35.9 Å². The molecule has 2 aromatic heterocycles. The molecule has 5 heteroatoms. The molecule has 1 fully saturated rings. The molecule has 0 spiro atoms. The Morgan fingerprint density at radius 3 is 3.17 bits per heavy atom. The molecule has 0 radical (unpaired) electrons. The van der Waals surface area contributed by atoms with E-state index in [9.17, 15) is 0 Å². The first-order chi connectivity index (χ1) is 11.9. The lowest BCUT2D eigenvalue weighted by atomic mass is 10.1. The van der Waals surface area contributed by atoms with Gasteiger partial charge in [-0.25, -0.2) is 0 Å². The number of benzene rings is 1. The van der Waals surface area contributed by atoms with E-state index in [4.69, 9.17) is 4.74 Å². The quantitative estimate of drug-likeness (QED) is 0.785. The van der Waals surface area contributed by atoms with Gasteiger partial charge >= 0.3 is 0 Å². The highest BCUT2D eigenvalue weighted by Gasteiger charge is 2.23. The smallest absolute Gasteiger partial charge is 0.0622 e. The Hall–Kier alpha value is -2.24. The van der Waals surface area contributed by atoms with Gasteiger partial charge in [-0.2, -0.15) is 0 Å². The maximum absolute atomic E-state index is 5.71. The van der Waals surface area contributed by atoms with E-state index in [0.29, 0.717) is 6.04 Å². The number of hydrogen-bond acceptors (Lipinski definition) is 4. The Balaban J connectivity index is 1.43. The van der Waals surface area contributed by atoms with Crippen LogP contribution in [-0.4, -0.2) is 45.7 Å². The van der Waals surface area contributed by atoms with Gasteiger partial charge in [0.05, 0.1) is 18.9 Å². The summed E-state index contributed by atoms with van der Waals surface area (Å²) in [6.07, 6.45) is 9.31. The number of rotatable bonds is 5. The molecule has 24 heavy (non-hydrogen) atoms. The molecule has 0 amide bonds. The first kappa shape index (κ1) is 15.3. The number of fused-ring (bicyclic) bond motifs is 1. The highest BCUT2D eigenvalue weighted by molar-refractivity contribution is 5.79. The van der Waals surface area contributed by atoms with Crippen LogP contribution in [0.3, 0.4) is 0 Å². The Bertz CT molecular complexity index is 786. The van der Waals surface area contributed by atoms with Gasteiger partial charge in [0.15, 0.2) is 0 Å². The second kappa shape index (κ2) is 7.11. The molecule has 1 saturated heterocycles. The van der Waals surface area contributed by atoms with E-state index in [1.807, 2.05) is 12.4 Å². The Labute approximate surface area is 141 Å². The SMILES string of the molecule is c1cnc(CCC2COCCN2Cc2ccc3cc[nH]c3c2)cn1. The normalized spacial score (nSPS) is 18.9. The van der Waals surface area contributed by atoms with E-state index in [-0.39, 0.29) is 0 Å². The third-order valence-electron chi connectivity index (χ3n) is 4.70. The van der Waals surface area contributed by atoms with Crippen molar-refractivity contribution in [3.8, 4) is 0 Å². The van der Waals surface area contributed by atoms with Crippen molar-refractivity contribution in [3.05, 3.63) is 60.3 Å². The molecule has 1 aliphatic rings. The number of aryl methyl sites for hydroxylation is 1. The molecule has 0 bridgehead atoms. The molecular weight excluding hydrogens is 300 g/mol. The first-order valence-corrected chi connectivity index (χ1v) is 8.51. The average molecular weight is 322 g/mol. The molecule has 0 saturated carbocycles. The average Bonchev–Trinajstić information content (AvgIpc) is 3.10. The molecule has 5 nitrogen and oxygen atoms in total. The fourth-order valence-corrected chi connectivity index (χ4v) is 3.36. The van der Waals surface area contributed by atoms with Gasteiger partial charge in [0.2, 0.25) is 0 Å². The summed E-state index contributed by atoms with van der Waals surface area (Å²) in [4.78, 5) is 14.4. The summed E-state index contributed by atoms with van der Waals surface area (Å²) < 4.78 is 5.71. The number of nitrogens with zero attached hydrogens (tertiary/aromatic N) is 3. The van der Waals surface area contributed by atoms with Gasteiger partial charge in [-0.15, -0.1) is 0 Å². The standard InChI is InChI=1S/C19H22N4O/c1-2-16-5-6-22-19(16)11-15(1)13-23-9-10-24-14-18(23)4-3-17-12-20-7-8-21-17/h1-2,5-8,11-12,18,22H,3-4,9-10,13-14H2. The Morgan fingerprint density at radius 1 is 1.25 bits per heavy atom. The predicted octanol–water partition coefficient (Wildman–Crippen LogP) is 2.79. The maximum Gasteiger partial charge on any atom is 0.0622 e. The second-order valence-corrected chi connectivity index (χ2v) is 6.33. The van der Waals surface area contributed by atoms with Gasteiger partial charge in [0, 0.05) is 49.4 Å². The third-order valence-corrected chi connectivity index (χ3v) is 4.70. The zero-order valence-corrected chi connectivity index (χ0v) is 13.7. The summed E-state index contributed by atoms with van der Waals surface area (Å²) in [6, 6.07) is 9.21. The van der Waals surface area contributed by atoms with E-state index < -0.39 is 0 Å². The lowest BCUT2D eigenvalue weighted by molar-refractivity contribution is -0.0144. The number of aromatic nitrogens is 3. The minimum absolute atomic E-state index is 0.431. The molecule has 1 unspecified atom stereocenters. The second-order valence-electron chi connectivity index (χ2n) is 6.33. The van der Waals surface area contributed by atoms with E-state index in [1.54, 1.807) is 12.4 Å². The molecule has 1 aromatic carbocycles. The highest BCUT2D eigenvalue weighted by atomic mass is 16.5. The number of hydrogen-bond donors (Lipinski definition) is 1. The van der Waals surface area contributed by atoms with Crippen LogP contribution in [0.4, 0.5) is 0 Å².